The molecule has 1 aromatic carbocycles. The van der Waals surface area contributed by atoms with Crippen LogP contribution in [0.1, 0.15) is 36.7 Å². The van der Waals surface area contributed by atoms with Gasteiger partial charge in [0.1, 0.15) is 5.82 Å². The highest BCUT2D eigenvalue weighted by atomic mass is 35.5. The monoisotopic (exact) mass is 475 g/mol. The average Bonchev–Trinajstić information content (AvgIpc) is 3.40. The minimum atomic E-state index is -0.655. The lowest BCUT2D eigenvalue weighted by molar-refractivity contribution is -0.129. The summed E-state index contributed by atoms with van der Waals surface area (Å²) in [6.07, 6.45) is 6.06. The Morgan fingerprint density at radius 1 is 1.12 bits per heavy atom. The highest BCUT2D eigenvalue weighted by molar-refractivity contribution is 6.33. The molecule has 0 radical (unpaired) electrons. The van der Waals surface area contributed by atoms with E-state index in [1.807, 2.05) is 0 Å². The molecule has 2 aromatic heterocycles. The molecule has 3 aromatic rings. The Labute approximate surface area is 192 Å². The minimum absolute atomic E-state index is 0.0383. The van der Waals surface area contributed by atoms with E-state index in [4.69, 9.17) is 28.9 Å². The number of hydrogen-bond donors (Lipinski definition) is 2. The molecular formula is C22H17Cl2F2N5O. The van der Waals surface area contributed by atoms with E-state index in [9.17, 15) is 13.6 Å². The lowest BCUT2D eigenvalue weighted by Gasteiger charge is -2.33. The van der Waals surface area contributed by atoms with Gasteiger partial charge in [0.25, 0.3) is 0 Å². The van der Waals surface area contributed by atoms with Crippen LogP contribution < -0.4 is 5.73 Å². The van der Waals surface area contributed by atoms with Gasteiger partial charge in [-0.3, -0.25) is 4.79 Å². The van der Waals surface area contributed by atoms with E-state index in [2.05, 4.69) is 15.0 Å². The standard InChI is InChI=1S/C22H17Cl2F2N5O/c23-13-2-3-15(27)20(21(13)26)10-5-11-1-4-17(31(11)19(32)6-10)22-29-9-16(30-22)12-7-18(25)28-8-14(12)24/h2-3,6-9,11,17H,1,4-5,27H2,(H,29,30)/t11?,17-/m0/s1. The zero-order valence-corrected chi connectivity index (χ0v) is 18.1. The van der Waals surface area contributed by atoms with Crippen LogP contribution in [0.15, 0.2) is 36.7 Å². The number of nitrogen functional groups attached to an aromatic ring is 1. The van der Waals surface area contributed by atoms with Crippen molar-refractivity contribution in [3.8, 4) is 11.3 Å². The van der Waals surface area contributed by atoms with E-state index in [1.54, 1.807) is 11.1 Å². The normalized spacial score (nSPS) is 20.4. The van der Waals surface area contributed by atoms with Gasteiger partial charge in [-0.15, -0.1) is 0 Å². The number of aromatic amines is 1. The number of pyridine rings is 1. The average molecular weight is 476 g/mol. The highest BCUT2D eigenvalue weighted by Crippen LogP contribution is 2.44. The minimum Gasteiger partial charge on any atom is -0.398 e. The number of fused-ring (bicyclic) bond motifs is 1. The van der Waals surface area contributed by atoms with Crippen molar-refractivity contribution in [1.29, 1.82) is 0 Å². The lowest BCUT2D eigenvalue weighted by Crippen LogP contribution is -2.39. The van der Waals surface area contributed by atoms with Crippen LogP contribution in [0.4, 0.5) is 14.5 Å². The predicted octanol–water partition coefficient (Wildman–Crippen LogP) is 5.16. The summed E-state index contributed by atoms with van der Waals surface area (Å²) in [6, 6.07) is 3.75. The molecule has 0 spiro atoms. The molecule has 32 heavy (non-hydrogen) atoms. The molecule has 4 heterocycles. The smallest absolute Gasteiger partial charge is 0.247 e. The van der Waals surface area contributed by atoms with E-state index < -0.39 is 11.8 Å². The number of carbonyl (C=O) groups is 1. The molecule has 0 aliphatic carbocycles. The van der Waals surface area contributed by atoms with Crippen molar-refractivity contribution >= 4 is 40.4 Å². The van der Waals surface area contributed by atoms with Crippen LogP contribution in [-0.2, 0) is 4.79 Å². The second kappa shape index (κ2) is 7.86. The van der Waals surface area contributed by atoms with E-state index in [-0.39, 0.29) is 39.3 Å². The molecule has 164 valence electrons. The van der Waals surface area contributed by atoms with E-state index in [0.717, 1.165) is 6.42 Å². The number of anilines is 1. The van der Waals surface area contributed by atoms with Gasteiger partial charge in [-0.25, -0.2) is 14.4 Å². The van der Waals surface area contributed by atoms with Gasteiger partial charge >= 0.3 is 0 Å². The number of benzene rings is 1. The summed E-state index contributed by atoms with van der Waals surface area (Å²) >= 11 is 12.1. The molecule has 1 amide bonds. The Hall–Kier alpha value is -2.97. The van der Waals surface area contributed by atoms with E-state index >= 15 is 0 Å². The maximum atomic E-state index is 14.6. The number of rotatable bonds is 3. The van der Waals surface area contributed by atoms with Gasteiger partial charge in [0.15, 0.2) is 5.82 Å². The third kappa shape index (κ3) is 3.43. The van der Waals surface area contributed by atoms with Crippen LogP contribution in [0, 0.1) is 11.8 Å². The highest BCUT2D eigenvalue weighted by Gasteiger charge is 2.42. The van der Waals surface area contributed by atoms with E-state index in [1.165, 1.54) is 30.5 Å². The molecule has 1 saturated heterocycles. The predicted molar refractivity (Wildman–Crippen MR) is 118 cm³/mol. The summed E-state index contributed by atoms with van der Waals surface area (Å²) < 4.78 is 28.2. The molecule has 6 nitrogen and oxygen atoms in total. The molecule has 5 rings (SSSR count). The van der Waals surface area contributed by atoms with Crippen LogP contribution in [-0.4, -0.2) is 31.8 Å². The fourth-order valence-electron chi connectivity index (χ4n) is 4.55. The first-order chi connectivity index (χ1) is 15.3. The number of hydrogen-bond acceptors (Lipinski definition) is 4. The Balaban J connectivity index is 1.45. The SMILES string of the molecule is Nc1ccc(Cl)c(F)c1C1=CC(=O)N2C(CC[C@H]2c2ncc(-c3cc(F)ncc3Cl)[nH]2)C1. The lowest BCUT2D eigenvalue weighted by atomic mass is 9.92. The van der Waals surface area contributed by atoms with Gasteiger partial charge in [0.05, 0.1) is 28.0 Å². The first-order valence-electron chi connectivity index (χ1n) is 9.96. The molecule has 2 atom stereocenters. The van der Waals surface area contributed by atoms with Crippen molar-refractivity contribution in [2.75, 3.05) is 5.73 Å². The third-order valence-electron chi connectivity index (χ3n) is 5.98. The number of halogens is 4. The zero-order chi connectivity index (χ0) is 22.6. The third-order valence-corrected chi connectivity index (χ3v) is 6.57. The number of amides is 1. The molecule has 2 aliphatic rings. The number of carbonyl (C=O) groups excluding carboxylic acids is 1. The summed E-state index contributed by atoms with van der Waals surface area (Å²) in [4.78, 5) is 25.9. The zero-order valence-electron chi connectivity index (χ0n) is 16.6. The van der Waals surface area contributed by atoms with Crippen molar-refractivity contribution in [1.82, 2.24) is 19.9 Å². The number of nitrogens with two attached hydrogens (primary N) is 1. The summed E-state index contributed by atoms with van der Waals surface area (Å²) in [5, 5.41) is 0.247. The van der Waals surface area contributed by atoms with Crippen molar-refractivity contribution in [3.05, 3.63) is 69.9 Å². The first kappa shape index (κ1) is 20.9. The van der Waals surface area contributed by atoms with Gasteiger partial charge < -0.3 is 15.6 Å². The van der Waals surface area contributed by atoms with Gasteiger partial charge in [-0.05, 0) is 37.0 Å². The fourth-order valence-corrected chi connectivity index (χ4v) is 4.91. The number of nitrogens with zero attached hydrogens (tertiary/aromatic N) is 3. The molecule has 0 bridgehead atoms. The Kier molecular flexibility index (Phi) is 5.14. The molecule has 10 heteroatoms. The summed E-state index contributed by atoms with van der Waals surface area (Å²) in [7, 11) is 0. The van der Waals surface area contributed by atoms with Crippen molar-refractivity contribution in [2.24, 2.45) is 0 Å². The number of H-pyrrole nitrogens is 1. The van der Waals surface area contributed by atoms with Crippen LogP contribution in [0.3, 0.4) is 0 Å². The van der Waals surface area contributed by atoms with Gasteiger partial charge in [-0.2, -0.15) is 4.39 Å². The maximum absolute atomic E-state index is 14.6. The van der Waals surface area contributed by atoms with Crippen molar-refractivity contribution < 1.29 is 13.6 Å². The molecular weight excluding hydrogens is 459 g/mol. The van der Waals surface area contributed by atoms with Gasteiger partial charge in [-0.1, -0.05) is 23.2 Å². The Morgan fingerprint density at radius 2 is 1.94 bits per heavy atom. The number of imidazole rings is 1. The van der Waals surface area contributed by atoms with E-state index in [0.29, 0.717) is 35.5 Å². The summed E-state index contributed by atoms with van der Waals surface area (Å²) in [5.41, 5.74) is 7.91. The summed E-state index contributed by atoms with van der Waals surface area (Å²) in [6.45, 7) is 0. The van der Waals surface area contributed by atoms with Gasteiger partial charge in [0.2, 0.25) is 11.9 Å². The van der Waals surface area contributed by atoms with Crippen LogP contribution in [0.25, 0.3) is 16.8 Å². The largest absolute Gasteiger partial charge is 0.398 e. The number of nitrogens with one attached hydrogen (secondary N) is 1. The fraction of sp³-hybridized carbons (Fsp3) is 0.227. The van der Waals surface area contributed by atoms with Crippen LogP contribution in [0.5, 0.6) is 0 Å². The van der Waals surface area contributed by atoms with Crippen molar-refractivity contribution in [2.45, 2.75) is 31.3 Å². The topological polar surface area (TPSA) is 87.9 Å². The Bertz CT molecular complexity index is 1280. The Morgan fingerprint density at radius 3 is 2.75 bits per heavy atom. The van der Waals surface area contributed by atoms with Crippen molar-refractivity contribution in [3.63, 3.8) is 0 Å². The first-order valence-corrected chi connectivity index (χ1v) is 10.7. The van der Waals surface area contributed by atoms with Crippen LogP contribution >= 0.6 is 23.2 Å². The second-order valence-corrected chi connectivity index (χ2v) is 8.68. The maximum Gasteiger partial charge on any atom is 0.247 e. The van der Waals surface area contributed by atoms with Gasteiger partial charge in [0, 0.05) is 41.2 Å². The molecule has 3 N–H and O–H groups in total. The molecule has 1 unspecified atom stereocenters. The molecule has 2 aliphatic heterocycles. The quantitative estimate of drug-likeness (QED) is 0.404. The summed E-state index contributed by atoms with van der Waals surface area (Å²) in [5.74, 6) is -0.943. The molecule has 1 fully saturated rings. The van der Waals surface area contributed by atoms with Crippen LogP contribution in [0.2, 0.25) is 10.0 Å². The second-order valence-electron chi connectivity index (χ2n) is 7.86. The molecule has 0 saturated carbocycles. The number of aromatic nitrogens is 3.